The van der Waals surface area contributed by atoms with Crippen LogP contribution >= 0.6 is 0 Å². The number of imide groups is 1. The van der Waals surface area contributed by atoms with Crippen molar-refractivity contribution < 1.29 is 38.3 Å². The van der Waals surface area contributed by atoms with Gasteiger partial charge < -0.3 is 35.1 Å². The minimum Gasteiger partial charge on any atom is -0.508 e. The van der Waals surface area contributed by atoms with E-state index in [0.717, 1.165) is 16.8 Å². The number of aliphatic imine (C=N–C) groups is 2. The smallest absolute Gasteiger partial charge is 0.419 e. The van der Waals surface area contributed by atoms with Crippen LogP contribution in [0.2, 0.25) is 0 Å². The van der Waals surface area contributed by atoms with Crippen molar-refractivity contribution in [1.29, 1.82) is 0 Å². The van der Waals surface area contributed by atoms with E-state index < -0.39 is 30.7 Å². The van der Waals surface area contributed by atoms with Gasteiger partial charge in [0.15, 0.2) is 11.7 Å². The first kappa shape index (κ1) is 31.7. The minimum atomic E-state index is -1.03. The predicted molar refractivity (Wildman–Crippen MR) is 162 cm³/mol. The second-order valence-electron chi connectivity index (χ2n) is 9.31. The van der Waals surface area contributed by atoms with Gasteiger partial charge in [0.1, 0.15) is 12.0 Å². The average Bonchev–Trinajstić information content (AvgIpc) is 3.68. The monoisotopic (exact) mass is 615 g/mol. The number of amidine groups is 1. The number of aromatic hydroxyl groups is 1. The Morgan fingerprint density at radius 1 is 1.09 bits per heavy atom. The van der Waals surface area contributed by atoms with E-state index >= 15 is 0 Å². The van der Waals surface area contributed by atoms with E-state index in [1.54, 1.807) is 39.0 Å². The topological polar surface area (TPSA) is 215 Å². The van der Waals surface area contributed by atoms with Crippen LogP contribution in [0.1, 0.15) is 54.8 Å². The van der Waals surface area contributed by atoms with Gasteiger partial charge >= 0.3 is 12.1 Å². The number of carbonyl (C=O) groups excluding carboxylic acids is 4. The number of phenolic OH excluding ortho intramolecular Hbond substituents is 1. The Labute approximate surface area is 256 Å². The van der Waals surface area contributed by atoms with Crippen molar-refractivity contribution >= 4 is 47.6 Å². The summed E-state index contributed by atoms with van der Waals surface area (Å²) in [5.74, 6) is -1.58. The number of aromatic nitrogens is 2. The van der Waals surface area contributed by atoms with Crippen LogP contribution in [-0.4, -0.2) is 69.5 Å². The number of nitrogens with zero attached hydrogens (tertiary/aromatic N) is 4. The first-order chi connectivity index (χ1) is 21.6. The van der Waals surface area contributed by atoms with Crippen molar-refractivity contribution in [2.24, 2.45) is 15.7 Å². The Hall–Kier alpha value is -6.25. The first-order valence-corrected chi connectivity index (χ1v) is 13.4. The number of rotatable bonds is 9. The van der Waals surface area contributed by atoms with E-state index in [1.165, 1.54) is 42.8 Å². The third kappa shape index (κ3) is 7.59. The van der Waals surface area contributed by atoms with Crippen molar-refractivity contribution in [2.75, 3.05) is 18.7 Å². The Balaban J connectivity index is 1.50. The molecule has 0 spiro atoms. The number of nitrogens with one attached hydrogen (secondary N) is 2. The van der Waals surface area contributed by atoms with Crippen molar-refractivity contribution in [3.05, 3.63) is 94.5 Å². The highest BCUT2D eigenvalue weighted by Gasteiger charge is 2.27. The molecule has 0 atom stereocenters. The molecule has 0 saturated carbocycles. The number of carbonyl (C=O) groups is 4. The molecule has 4 aromatic rings. The molecule has 2 heterocycles. The number of benzene rings is 2. The summed E-state index contributed by atoms with van der Waals surface area (Å²) in [6.45, 7) is 4.22. The van der Waals surface area contributed by atoms with Crippen molar-refractivity contribution in [2.45, 2.75) is 20.8 Å². The zero-order valence-electron chi connectivity index (χ0n) is 24.4. The highest BCUT2D eigenvalue weighted by atomic mass is 16.7. The molecule has 0 unspecified atom stereocenters. The molecule has 15 nitrogen and oxygen atoms in total. The second-order valence-corrected chi connectivity index (χ2v) is 9.31. The largest absolute Gasteiger partial charge is 0.508 e. The normalized spacial score (nSPS) is 11.3. The standard InChI is InChI=1S/C30H29N7O8/c1-4-37(30(42)44-16-43-29(41)19-7-9-21(38)10-8-19)28(40)22-14-32-25(18(22)3)26(33-15-31)34-23-13-20(6-5-17(23)2)27(39)35-24-11-12-45-36-24/h5-15,32,38H,4,16H2,1-3H3,(H2,31,33,34)(H,35,36,39). The molecule has 232 valence electrons. The van der Waals surface area contributed by atoms with E-state index in [2.05, 4.69) is 25.4 Å². The summed E-state index contributed by atoms with van der Waals surface area (Å²) in [7, 11) is 0. The summed E-state index contributed by atoms with van der Waals surface area (Å²) < 4.78 is 14.7. The van der Waals surface area contributed by atoms with Gasteiger partial charge in [0.25, 0.3) is 11.8 Å². The van der Waals surface area contributed by atoms with E-state index in [-0.39, 0.29) is 35.1 Å². The molecule has 4 rings (SSSR count). The molecule has 2 aromatic heterocycles. The molecule has 0 radical (unpaired) electrons. The van der Waals surface area contributed by atoms with Gasteiger partial charge in [0, 0.05) is 24.4 Å². The Morgan fingerprint density at radius 3 is 2.49 bits per heavy atom. The van der Waals surface area contributed by atoms with Crippen LogP contribution in [0, 0.1) is 13.8 Å². The van der Waals surface area contributed by atoms with Gasteiger partial charge in [0.05, 0.1) is 28.8 Å². The minimum absolute atomic E-state index is 0.0277. The van der Waals surface area contributed by atoms with Crippen molar-refractivity contribution in [3.63, 3.8) is 0 Å². The number of hydrogen-bond acceptors (Lipinski definition) is 10. The lowest BCUT2D eigenvalue weighted by Crippen LogP contribution is -2.37. The van der Waals surface area contributed by atoms with Crippen LogP contribution in [0.4, 0.5) is 16.3 Å². The lowest BCUT2D eigenvalue weighted by Gasteiger charge is -2.18. The number of ether oxygens (including phenoxy) is 2. The molecular formula is C30H29N7O8. The number of nitrogens with two attached hydrogens (primary N) is 1. The number of aryl methyl sites for hydroxylation is 1. The van der Waals surface area contributed by atoms with E-state index in [9.17, 15) is 24.3 Å². The number of amides is 3. The summed E-state index contributed by atoms with van der Waals surface area (Å²) in [6.07, 6.45) is 2.72. The van der Waals surface area contributed by atoms with Crippen LogP contribution < -0.4 is 11.1 Å². The highest BCUT2D eigenvalue weighted by Crippen LogP contribution is 2.24. The molecule has 5 N–H and O–H groups in total. The zero-order chi connectivity index (χ0) is 32.5. The molecule has 45 heavy (non-hydrogen) atoms. The van der Waals surface area contributed by atoms with Gasteiger partial charge in [-0.1, -0.05) is 11.2 Å². The number of hydrogen-bond donors (Lipinski definition) is 4. The lowest BCUT2D eigenvalue weighted by atomic mass is 10.1. The van der Waals surface area contributed by atoms with Gasteiger partial charge in [-0.3, -0.25) is 9.59 Å². The molecular weight excluding hydrogens is 586 g/mol. The van der Waals surface area contributed by atoms with Gasteiger partial charge in [-0.15, -0.1) is 0 Å². The van der Waals surface area contributed by atoms with Gasteiger partial charge in [-0.05, 0) is 68.3 Å². The fraction of sp³-hybridized carbons (Fsp3) is 0.167. The maximum Gasteiger partial charge on any atom is 0.419 e. The molecule has 0 aliphatic rings. The number of aromatic amines is 1. The van der Waals surface area contributed by atoms with E-state index in [4.69, 9.17) is 19.7 Å². The molecule has 0 fully saturated rings. The average molecular weight is 616 g/mol. The quantitative estimate of drug-likeness (QED) is 0.0916. The maximum atomic E-state index is 13.4. The Bertz CT molecular complexity index is 1760. The summed E-state index contributed by atoms with van der Waals surface area (Å²) >= 11 is 0. The first-order valence-electron chi connectivity index (χ1n) is 13.4. The second kappa shape index (κ2) is 14.3. The Kier molecular flexibility index (Phi) is 10.1. The molecule has 2 aromatic carbocycles. The summed E-state index contributed by atoms with van der Waals surface area (Å²) in [6, 6.07) is 11.7. The molecule has 0 saturated heterocycles. The molecule has 0 aliphatic heterocycles. The third-order valence-corrected chi connectivity index (χ3v) is 6.42. The van der Waals surface area contributed by atoms with E-state index in [0.29, 0.717) is 22.5 Å². The van der Waals surface area contributed by atoms with Gasteiger partial charge in [-0.25, -0.2) is 24.5 Å². The summed E-state index contributed by atoms with van der Waals surface area (Å²) in [5.41, 5.74) is 8.04. The number of H-pyrrole nitrogens is 1. The van der Waals surface area contributed by atoms with Gasteiger partial charge in [-0.2, -0.15) is 0 Å². The van der Waals surface area contributed by atoms with Crippen molar-refractivity contribution in [3.8, 4) is 5.75 Å². The fourth-order valence-corrected chi connectivity index (χ4v) is 4.01. The Morgan fingerprint density at radius 2 is 1.82 bits per heavy atom. The number of phenols is 1. The van der Waals surface area contributed by atoms with E-state index in [1.807, 2.05) is 0 Å². The highest BCUT2D eigenvalue weighted by molar-refractivity contribution is 6.09. The number of esters is 1. The predicted octanol–water partition coefficient (Wildman–Crippen LogP) is 4.06. The molecule has 3 amide bonds. The van der Waals surface area contributed by atoms with Crippen LogP contribution in [0.3, 0.4) is 0 Å². The third-order valence-electron chi connectivity index (χ3n) is 6.42. The van der Waals surface area contributed by atoms with Gasteiger partial charge in [0.2, 0.25) is 6.79 Å². The van der Waals surface area contributed by atoms with Crippen LogP contribution in [0.5, 0.6) is 5.75 Å². The number of anilines is 1. The lowest BCUT2D eigenvalue weighted by molar-refractivity contribution is -0.0102. The molecule has 15 heteroatoms. The van der Waals surface area contributed by atoms with Crippen LogP contribution in [0.15, 0.2) is 75.5 Å². The van der Waals surface area contributed by atoms with Crippen molar-refractivity contribution in [1.82, 2.24) is 15.0 Å². The summed E-state index contributed by atoms with van der Waals surface area (Å²) in [4.78, 5) is 63.4. The van der Waals surface area contributed by atoms with Crippen LogP contribution in [-0.2, 0) is 9.47 Å². The zero-order valence-corrected chi connectivity index (χ0v) is 24.4. The fourth-order valence-electron chi connectivity index (χ4n) is 4.01. The SMILES string of the molecule is CCN(C(=O)OCOC(=O)c1ccc(O)cc1)C(=O)c1c[nH]c(C(N=CN)=Nc2cc(C(=O)Nc3ccon3)ccc2C)c1C. The molecule has 0 bridgehead atoms. The summed E-state index contributed by atoms with van der Waals surface area (Å²) in [5, 5.41) is 15.6. The maximum absolute atomic E-state index is 13.4. The van der Waals surface area contributed by atoms with Crippen LogP contribution in [0.25, 0.3) is 0 Å². The molecule has 0 aliphatic carbocycles.